The van der Waals surface area contributed by atoms with Gasteiger partial charge in [0, 0.05) is 11.6 Å². The maximum Gasteiger partial charge on any atom is 0.102 e. The lowest BCUT2D eigenvalue weighted by Crippen LogP contribution is -2.29. The van der Waals surface area contributed by atoms with Gasteiger partial charge in [0.25, 0.3) is 0 Å². The summed E-state index contributed by atoms with van der Waals surface area (Å²) < 4.78 is 0. The van der Waals surface area contributed by atoms with E-state index in [0.29, 0.717) is 18.5 Å². The van der Waals surface area contributed by atoms with Crippen LogP contribution < -0.4 is 11.2 Å². The van der Waals surface area contributed by atoms with E-state index in [-0.39, 0.29) is 0 Å². The highest BCUT2D eigenvalue weighted by Crippen LogP contribution is 2.33. The van der Waals surface area contributed by atoms with Gasteiger partial charge in [-0.25, -0.2) is 5.84 Å². The number of hydrogen-bond acceptors (Lipinski definition) is 3. The molecule has 3 heteroatoms. The number of allylic oxidation sites excluding steroid dienone is 6. The van der Waals surface area contributed by atoms with Gasteiger partial charge in [-0.3, -0.25) is 5.01 Å². The van der Waals surface area contributed by atoms with Gasteiger partial charge in [0.15, 0.2) is 0 Å². The van der Waals surface area contributed by atoms with Crippen molar-refractivity contribution < 1.29 is 0 Å². The van der Waals surface area contributed by atoms with E-state index >= 15 is 0 Å². The van der Waals surface area contributed by atoms with E-state index in [4.69, 9.17) is 5.84 Å². The number of nitrogens with one attached hydrogen (secondary N) is 1. The number of nitrogens with zero attached hydrogens (tertiary/aromatic N) is 1. The molecule has 3 nitrogen and oxygen atoms in total. The van der Waals surface area contributed by atoms with Crippen LogP contribution in [0.4, 0.5) is 0 Å². The average molecular weight is 259 g/mol. The van der Waals surface area contributed by atoms with E-state index in [1.165, 1.54) is 16.8 Å². The molecule has 2 rings (SSSR count). The second-order valence-corrected chi connectivity index (χ2v) is 5.63. The highest BCUT2D eigenvalue weighted by Gasteiger charge is 2.25. The molecule has 0 saturated carbocycles. The number of hydrazine groups is 1. The van der Waals surface area contributed by atoms with Crippen LogP contribution in [0.15, 0.2) is 47.3 Å². The van der Waals surface area contributed by atoms with Crippen molar-refractivity contribution >= 4 is 0 Å². The van der Waals surface area contributed by atoms with E-state index in [9.17, 15) is 0 Å². The Labute approximate surface area is 116 Å². The summed E-state index contributed by atoms with van der Waals surface area (Å²) in [7, 11) is 0. The Kier molecular flexibility index (Phi) is 4.15. The standard InChI is InChI=1S/C16H25N3/c1-5-12(4)8-14(11(2)3)13-6-7-16-15(9-13)18-10-19(16)17/h6-8,12-13,18H,2,5,9-10,17H2,1,3-4H3/b14-8+. The summed E-state index contributed by atoms with van der Waals surface area (Å²) in [6.07, 6.45) is 8.92. The van der Waals surface area contributed by atoms with Gasteiger partial charge in [0.1, 0.15) is 6.67 Å². The van der Waals surface area contributed by atoms with E-state index in [1.807, 2.05) is 0 Å². The molecule has 1 aliphatic heterocycles. The van der Waals surface area contributed by atoms with Gasteiger partial charge < -0.3 is 5.32 Å². The van der Waals surface area contributed by atoms with E-state index in [0.717, 1.165) is 18.5 Å². The van der Waals surface area contributed by atoms with Crippen LogP contribution in [0.1, 0.15) is 33.6 Å². The quantitative estimate of drug-likeness (QED) is 0.602. The summed E-state index contributed by atoms with van der Waals surface area (Å²) in [5, 5.41) is 5.14. The first kappa shape index (κ1) is 13.9. The molecule has 0 saturated heterocycles. The van der Waals surface area contributed by atoms with Gasteiger partial charge in [0.05, 0.1) is 5.70 Å². The second-order valence-electron chi connectivity index (χ2n) is 5.63. The number of nitrogens with two attached hydrogens (primary N) is 1. The first-order chi connectivity index (χ1) is 9.02. The van der Waals surface area contributed by atoms with Crippen LogP contribution in [0.5, 0.6) is 0 Å². The SMILES string of the molecule is C=C(C)/C(=C\C(C)CC)C1C=CC2=C(C1)NCN2N. The molecule has 104 valence electrons. The third-order valence-electron chi connectivity index (χ3n) is 3.99. The van der Waals surface area contributed by atoms with E-state index in [1.54, 1.807) is 5.01 Å². The lowest BCUT2D eigenvalue weighted by molar-refractivity contribution is 0.390. The predicted octanol–water partition coefficient (Wildman–Crippen LogP) is 3.06. The zero-order chi connectivity index (χ0) is 14.0. The van der Waals surface area contributed by atoms with Crippen LogP contribution >= 0.6 is 0 Å². The summed E-state index contributed by atoms with van der Waals surface area (Å²) in [5.41, 5.74) is 4.92. The highest BCUT2D eigenvalue weighted by molar-refractivity contribution is 5.40. The Morgan fingerprint density at radius 3 is 3.05 bits per heavy atom. The Morgan fingerprint density at radius 1 is 1.68 bits per heavy atom. The van der Waals surface area contributed by atoms with Gasteiger partial charge in [-0.15, -0.1) is 0 Å². The molecule has 2 atom stereocenters. The Hall–Kier alpha value is -1.48. The number of hydrogen-bond donors (Lipinski definition) is 2. The van der Waals surface area contributed by atoms with E-state index < -0.39 is 0 Å². The molecular weight excluding hydrogens is 234 g/mol. The van der Waals surface area contributed by atoms with Gasteiger partial charge in [0.2, 0.25) is 0 Å². The van der Waals surface area contributed by atoms with Crippen LogP contribution in [-0.2, 0) is 0 Å². The zero-order valence-electron chi connectivity index (χ0n) is 12.2. The lowest BCUT2D eigenvalue weighted by atomic mass is 9.84. The van der Waals surface area contributed by atoms with E-state index in [2.05, 4.69) is 50.9 Å². The van der Waals surface area contributed by atoms with Crippen molar-refractivity contribution in [3.05, 3.63) is 47.3 Å². The van der Waals surface area contributed by atoms with Crippen molar-refractivity contribution in [1.29, 1.82) is 0 Å². The van der Waals surface area contributed by atoms with Crippen LogP contribution in [0, 0.1) is 11.8 Å². The zero-order valence-corrected chi connectivity index (χ0v) is 12.2. The maximum absolute atomic E-state index is 5.90. The molecule has 19 heavy (non-hydrogen) atoms. The first-order valence-electron chi connectivity index (χ1n) is 7.08. The van der Waals surface area contributed by atoms with Crippen molar-refractivity contribution in [2.75, 3.05) is 6.67 Å². The molecule has 0 aromatic carbocycles. The Morgan fingerprint density at radius 2 is 2.42 bits per heavy atom. The number of rotatable bonds is 4. The molecule has 0 bridgehead atoms. The highest BCUT2D eigenvalue weighted by atomic mass is 15.5. The molecule has 1 heterocycles. The maximum atomic E-state index is 5.90. The monoisotopic (exact) mass is 259 g/mol. The minimum Gasteiger partial charge on any atom is -0.368 e. The average Bonchev–Trinajstić information content (AvgIpc) is 2.76. The van der Waals surface area contributed by atoms with Gasteiger partial charge >= 0.3 is 0 Å². The second kappa shape index (κ2) is 5.66. The molecule has 0 fully saturated rings. The van der Waals surface area contributed by atoms with Crippen molar-refractivity contribution in [3.63, 3.8) is 0 Å². The molecular formula is C16H25N3. The van der Waals surface area contributed by atoms with Crippen molar-refractivity contribution in [3.8, 4) is 0 Å². The smallest absolute Gasteiger partial charge is 0.102 e. The molecule has 2 aliphatic rings. The van der Waals surface area contributed by atoms with Crippen LogP contribution in [0.3, 0.4) is 0 Å². The Balaban J connectivity index is 2.19. The van der Waals surface area contributed by atoms with Gasteiger partial charge in [-0.1, -0.05) is 44.6 Å². The van der Waals surface area contributed by atoms with Crippen LogP contribution in [-0.4, -0.2) is 11.7 Å². The lowest BCUT2D eigenvalue weighted by Gasteiger charge is -2.23. The summed E-state index contributed by atoms with van der Waals surface area (Å²) in [6.45, 7) is 11.4. The molecule has 0 aromatic rings. The van der Waals surface area contributed by atoms with Gasteiger partial charge in [-0.2, -0.15) is 0 Å². The summed E-state index contributed by atoms with van der Waals surface area (Å²) in [6, 6.07) is 0. The summed E-state index contributed by atoms with van der Waals surface area (Å²) in [4.78, 5) is 0. The minimum atomic E-state index is 0.421. The fourth-order valence-electron chi connectivity index (χ4n) is 2.62. The van der Waals surface area contributed by atoms with Crippen molar-refractivity contribution in [2.45, 2.75) is 33.6 Å². The van der Waals surface area contributed by atoms with Crippen LogP contribution in [0.25, 0.3) is 0 Å². The largest absolute Gasteiger partial charge is 0.368 e. The first-order valence-corrected chi connectivity index (χ1v) is 7.08. The summed E-state index contributed by atoms with van der Waals surface area (Å²) in [5.74, 6) is 6.92. The summed E-state index contributed by atoms with van der Waals surface area (Å²) >= 11 is 0. The molecule has 1 aliphatic carbocycles. The van der Waals surface area contributed by atoms with Gasteiger partial charge in [-0.05, 0) is 30.9 Å². The molecule has 0 amide bonds. The van der Waals surface area contributed by atoms with Crippen molar-refractivity contribution in [1.82, 2.24) is 10.3 Å². The fourth-order valence-corrected chi connectivity index (χ4v) is 2.62. The third kappa shape index (κ3) is 2.92. The predicted molar refractivity (Wildman–Crippen MR) is 80.7 cm³/mol. The minimum absolute atomic E-state index is 0.421. The third-order valence-corrected chi connectivity index (χ3v) is 3.99. The van der Waals surface area contributed by atoms with Crippen molar-refractivity contribution in [2.24, 2.45) is 17.7 Å². The molecule has 0 spiro atoms. The Bertz CT molecular complexity index is 457. The molecule has 2 unspecified atom stereocenters. The topological polar surface area (TPSA) is 41.3 Å². The molecule has 0 radical (unpaired) electrons. The van der Waals surface area contributed by atoms with Crippen LogP contribution in [0.2, 0.25) is 0 Å². The fraction of sp³-hybridized carbons (Fsp3) is 0.500. The molecule has 3 N–H and O–H groups in total. The molecule has 0 aromatic heterocycles. The normalized spacial score (nSPS) is 24.3.